The van der Waals surface area contributed by atoms with Crippen LogP contribution in [0.5, 0.6) is 11.5 Å². The molecule has 1 saturated heterocycles. The van der Waals surface area contributed by atoms with Crippen molar-refractivity contribution < 1.29 is 14.4 Å². The molecule has 5 heteroatoms. The monoisotopic (exact) mass is 316 g/mol. The van der Waals surface area contributed by atoms with Crippen LogP contribution in [0.15, 0.2) is 28.8 Å². The molecule has 124 valence electrons. The number of aryl methyl sites for hydroxylation is 1. The van der Waals surface area contributed by atoms with Crippen molar-refractivity contribution in [2.45, 2.75) is 45.7 Å². The quantitative estimate of drug-likeness (QED) is 0.881. The zero-order chi connectivity index (χ0) is 16.2. The number of aromatic nitrogens is 1. The van der Waals surface area contributed by atoms with Gasteiger partial charge in [-0.3, -0.25) is 4.90 Å². The summed E-state index contributed by atoms with van der Waals surface area (Å²) in [6.07, 6.45) is 3.14. The van der Waals surface area contributed by atoms with Crippen LogP contribution in [0.1, 0.15) is 49.7 Å². The smallest absolute Gasteiger partial charge is 0.161 e. The number of benzene rings is 1. The normalized spacial score (nSPS) is 18.4. The number of ether oxygens (including phenoxy) is 1. The number of likely N-dealkylation sites (tertiary alicyclic amines) is 1. The highest BCUT2D eigenvalue weighted by atomic mass is 16.5. The van der Waals surface area contributed by atoms with E-state index in [0.29, 0.717) is 12.4 Å². The van der Waals surface area contributed by atoms with E-state index in [1.54, 1.807) is 6.07 Å². The number of aromatic hydroxyl groups is 1. The number of hydrogen-bond acceptors (Lipinski definition) is 5. The minimum atomic E-state index is 0.191. The molecule has 0 amide bonds. The first-order chi connectivity index (χ1) is 11.2. The van der Waals surface area contributed by atoms with Crippen LogP contribution in [0.4, 0.5) is 0 Å². The van der Waals surface area contributed by atoms with Gasteiger partial charge in [-0.1, -0.05) is 18.1 Å². The molecular formula is C18H24N2O3. The van der Waals surface area contributed by atoms with Gasteiger partial charge < -0.3 is 14.4 Å². The maximum atomic E-state index is 9.82. The molecule has 0 radical (unpaired) electrons. The molecule has 0 saturated carbocycles. The molecule has 1 aliphatic heterocycles. The molecule has 1 fully saturated rings. The third kappa shape index (κ3) is 3.50. The van der Waals surface area contributed by atoms with Gasteiger partial charge in [0.2, 0.25) is 0 Å². The first-order valence-electron chi connectivity index (χ1n) is 8.35. The Labute approximate surface area is 136 Å². The molecule has 5 nitrogen and oxygen atoms in total. The van der Waals surface area contributed by atoms with Crippen molar-refractivity contribution in [1.29, 1.82) is 0 Å². The fourth-order valence-electron chi connectivity index (χ4n) is 3.15. The predicted molar refractivity (Wildman–Crippen MR) is 87.5 cm³/mol. The predicted octanol–water partition coefficient (Wildman–Crippen LogP) is 3.68. The number of hydrogen-bond donors (Lipinski definition) is 1. The van der Waals surface area contributed by atoms with E-state index in [1.165, 1.54) is 0 Å². The summed E-state index contributed by atoms with van der Waals surface area (Å²) in [6, 6.07) is 7.93. The molecule has 2 heterocycles. The van der Waals surface area contributed by atoms with Crippen molar-refractivity contribution in [3.05, 3.63) is 41.3 Å². The third-order valence-corrected chi connectivity index (χ3v) is 4.34. The Bertz CT molecular complexity index is 653. The van der Waals surface area contributed by atoms with Gasteiger partial charge >= 0.3 is 0 Å². The molecule has 0 unspecified atom stereocenters. The number of phenolic OH excluding ortho intramolecular Hbond substituents is 1. The summed E-state index contributed by atoms with van der Waals surface area (Å²) in [5.41, 5.74) is 2.14. The fraction of sp³-hybridized carbons (Fsp3) is 0.500. The lowest BCUT2D eigenvalue weighted by molar-refractivity contribution is 0.206. The summed E-state index contributed by atoms with van der Waals surface area (Å²) < 4.78 is 11.0. The number of nitrogens with zero attached hydrogens (tertiary/aromatic N) is 2. The minimum Gasteiger partial charge on any atom is -0.504 e. The highest BCUT2D eigenvalue weighted by Gasteiger charge is 2.29. The van der Waals surface area contributed by atoms with Gasteiger partial charge in [0.25, 0.3) is 0 Å². The first-order valence-corrected chi connectivity index (χ1v) is 8.35. The summed E-state index contributed by atoms with van der Waals surface area (Å²) in [6.45, 7) is 6.39. The Morgan fingerprint density at radius 2 is 2.22 bits per heavy atom. The van der Waals surface area contributed by atoms with Crippen LogP contribution in [0.3, 0.4) is 0 Å². The SMILES string of the molecule is CCOc1cc(CN2CCC[C@@H]2c2cc(CC)no2)ccc1O. The number of phenols is 1. The summed E-state index contributed by atoms with van der Waals surface area (Å²) in [5, 5.41) is 13.9. The van der Waals surface area contributed by atoms with Crippen LogP contribution in [0.2, 0.25) is 0 Å². The van der Waals surface area contributed by atoms with Gasteiger partial charge in [0.05, 0.1) is 18.3 Å². The zero-order valence-corrected chi connectivity index (χ0v) is 13.8. The van der Waals surface area contributed by atoms with Gasteiger partial charge in [0, 0.05) is 12.6 Å². The summed E-state index contributed by atoms with van der Waals surface area (Å²) in [4.78, 5) is 2.40. The summed E-state index contributed by atoms with van der Waals surface area (Å²) in [5.74, 6) is 1.70. The third-order valence-electron chi connectivity index (χ3n) is 4.34. The van der Waals surface area contributed by atoms with Crippen LogP contribution in [0.25, 0.3) is 0 Å². The van der Waals surface area contributed by atoms with Crippen LogP contribution < -0.4 is 4.74 Å². The van der Waals surface area contributed by atoms with E-state index in [0.717, 1.165) is 49.4 Å². The lowest BCUT2D eigenvalue weighted by atomic mass is 10.1. The van der Waals surface area contributed by atoms with E-state index in [-0.39, 0.29) is 11.8 Å². The van der Waals surface area contributed by atoms with Gasteiger partial charge in [0.1, 0.15) is 0 Å². The maximum Gasteiger partial charge on any atom is 0.161 e. The van der Waals surface area contributed by atoms with Crippen molar-refractivity contribution >= 4 is 0 Å². The lowest BCUT2D eigenvalue weighted by Gasteiger charge is -2.22. The Morgan fingerprint density at radius 1 is 1.35 bits per heavy atom. The van der Waals surface area contributed by atoms with Gasteiger partial charge in [-0.25, -0.2) is 0 Å². The Morgan fingerprint density at radius 3 is 2.96 bits per heavy atom. The van der Waals surface area contributed by atoms with E-state index >= 15 is 0 Å². The molecule has 1 aliphatic rings. The average Bonchev–Trinajstić information content (AvgIpc) is 3.19. The van der Waals surface area contributed by atoms with Crippen LogP contribution >= 0.6 is 0 Å². The molecule has 0 spiro atoms. The van der Waals surface area contributed by atoms with E-state index in [2.05, 4.69) is 23.0 Å². The van der Waals surface area contributed by atoms with Gasteiger partial charge in [-0.05, 0) is 50.4 Å². The van der Waals surface area contributed by atoms with E-state index in [9.17, 15) is 5.11 Å². The standard InChI is InChI=1S/C18H24N2O3/c1-3-14-11-17(23-19-14)15-6-5-9-20(15)12-13-7-8-16(21)18(10-13)22-4-2/h7-8,10-11,15,21H,3-6,9,12H2,1-2H3/t15-/m1/s1. The highest BCUT2D eigenvalue weighted by molar-refractivity contribution is 5.41. The van der Waals surface area contributed by atoms with Gasteiger partial charge in [-0.15, -0.1) is 0 Å². The Hall–Kier alpha value is -2.01. The molecule has 1 atom stereocenters. The molecule has 0 bridgehead atoms. The fourth-order valence-corrected chi connectivity index (χ4v) is 3.15. The van der Waals surface area contributed by atoms with E-state index in [4.69, 9.17) is 9.26 Å². The highest BCUT2D eigenvalue weighted by Crippen LogP contribution is 2.35. The topological polar surface area (TPSA) is 58.7 Å². The Balaban J connectivity index is 1.74. The Kier molecular flexibility index (Phi) is 4.86. The maximum absolute atomic E-state index is 9.82. The molecular weight excluding hydrogens is 292 g/mol. The largest absolute Gasteiger partial charge is 0.504 e. The molecule has 1 N–H and O–H groups in total. The molecule has 1 aromatic heterocycles. The van der Waals surface area contributed by atoms with Crippen LogP contribution in [0, 0.1) is 0 Å². The second-order valence-corrected chi connectivity index (χ2v) is 5.94. The van der Waals surface area contributed by atoms with E-state index in [1.807, 2.05) is 19.1 Å². The lowest BCUT2D eigenvalue weighted by Crippen LogP contribution is -2.22. The molecule has 2 aromatic rings. The molecule has 0 aliphatic carbocycles. The second-order valence-electron chi connectivity index (χ2n) is 5.94. The van der Waals surface area contributed by atoms with Gasteiger partial charge in [-0.2, -0.15) is 0 Å². The summed E-state index contributed by atoms with van der Waals surface area (Å²) >= 11 is 0. The van der Waals surface area contributed by atoms with Crippen molar-refractivity contribution in [3.8, 4) is 11.5 Å². The molecule has 1 aromatic carbocycles. The van der Waals surface area contributed by atoms with Crippen molar-refractivity contribution in [3.63, 3.8) is 0 Å². The van der Waals surface area contributed by atoms with E-state index < -0.39 is 0 Å². The van der Waals surface area contributed by atoms with Crippen molar-refractivity contribution in [1.82, 2.24) is 10.1 Å². The number of rotatable bonds is 6. The van der Waals surface area contributed by atoms with Crippen LogP contribution in [-0.4, -0.2) is 28.3 Å². The van der Waals surface area contributed by atoms with Crippen molar-refractivity contribution in [2.75, 3.05) is 13.2 Å². The van der Waals surface area contributed by atoms with Crippen LogP contribution in [-0.2, 0) is 13.0 Å². The first kappa shape index (κ1) is 15.9. The zero-order valence-electron chi connectivity index (χ0n) is 13.8. The molecule has 23 heavy (non-hydrogen) atoms. The summed E-state index contributed by atoms with van der Waals surface area (Å²) in [7, 11) is 0. The second kappa shape index (κ2) is 7.04. The molecule has 3 rings (SSSR count). The van der Waals surface area contributed by atoms with Gasteiger partial charge in [0.15, 0.2) is 17.3 Å². The average molecular weight is 316 g/mol. The minimum absolute atomic E-state index is 0.191. The van der Waals surface area contributed by atoms with Crippen molar-refractivity contribution in [2.24, 2.45) is 0 Å².